The van der Waals surface area contributed by atoms with Gasteiger partial charge in [-0.1, -0.05) is 45.9 Å². The summed E-state index contributed by atoms with van der Waals surface area (Å²) in [6.45, 7) is 0.283. The van der Waals surface area contributed by atoms with E-state index >= 15 is 0 Å². The van der Waals surface area contributed by atoms with Gasteiger partial charge in [0.1, 0.15) is 0 Å². The van der Waals surface area contributed by atoms with Gasteiger partial charge >= 0.3 is 0 Å². The van der Waals surface area contributed by atoms with E-state index < -0.39 is 0 Å². The van der Waals surface area contributed by atoms with E-state index in [1.54, 1.807) is 24.3 Å². The molecule has 2 heterocycles. The number of amides is 2. The molecule has 1 aliphatic rings. The van der Waals surface area contributed by atoms with Crippen molar-refractivity contribution < 1.29 is 14.0 Å². The van der Waals surface area contributed by atoms with Gasteiger partial charge < -0.3 is 4.42 Å². The molecular weight excluding hydrogens is 418 g/mol. The van der Waals surface area contributed by atoms with Crippen LogP contribution < -0.4 is 0 Å². The van der Waals surface area contributed by atoms with E-state index in [4.69, 9.17) is 4.42 Å². The molecular formula is C18H12BrN3O3S. The van der Waals surface area contributed by atoms with Crippen LogP contribution in [0.5, 0.6) is 0 Å². The van der Waals surface area contributed by atoms with Gasteiger partial charge in [0.25, 0.3) is 17.0 Å². The summed E-state index contributed by atoms with van der Waals surface area (Å²) in [7, 11) is 0. The summed E-state index contributed by atoms with van der Waals surface area (Å²) in [4.78, 5) is 25.9. The first-order valence-corrected chi connectivity index (χ1v) is 9.59. The Morgan fingerprint density at radius 3 is 2.42 bits per heavy atom. The Kier molecular flexibility index (Phi) is 4.60. The lowest BCUT2D eigenvalue weighted by molar-refractivity contribution is 0.0664. The van der Waals surface area contributed by atoms with Crippen LogP contribution in [0.3, 0.4) is 0 Å². The van der Waals surface area contributed by atoms with Crippen molar-refractivity contribution in [3.63, 3.8) is 0 Å². The van der Waals surface area contributed by atoms with Crippen molar-refractivity contribution in [1.29, 1.82) is 0 Å². The summed E-state index contributed by atoms with van der Waals surface area (Å²) in [5, 5.41) is 8.44. The molecule has 0 atom stereocenters. The predicted molar refractivity (Wildman–Crippen MR) is 100.0 cm³/mol. The maximum Gasteiger partial charge on any atom is 0.276 e. The molecule has 0 bridgehead atoms. The average Bonchev–Trinajstić information content (AvgIpc) is 3.21. The average molecular weight is 430 g/mol. The Morgan fingerprint density at radius 2 is 1.73 bits per heavy atom. The zero-order chi connectivity index (χ0) is 18.1. The molecule has 130 valence electrons. The van der Waals surface area contributed by atoms with Crippen molar-refractivity contribution in [3.05, 3.63) is 64.1 Å². The van der Waals surface area contributed by atoms with Gasteiger partial charge in [0.2, 0.25) is 5.89 Å². The summed E-state index contributed by atoms with van der Waals surface area (Å²) < 4.78 is 6.56. The number of fused-ring (bicyclic) bond motifs is 1. The van der Waals surface area contributed by atoms with Gasteiger partial charge in [-0.05, 0) is 30.3 Å². The van der Waals surface area contributed by atoms with Crippen molar-refractivity contribution in [2.24, 2.45) is 0 Å². The molecule has 0 radical (unpaired) electrons. The number of aromatic nitrogens is 2. The molecule has 8 heteroatoms. The molecule has 26 heavy (non-hydrogen) atoms. The van der Waals surface area contributed by atoms with E-state index in [9.17, 15) is 9.59 Å². The number of carbonyl (C=O) groups is 2. The second kappa shape index (κ2) is 7.05. The number of rotatable bonds is 5. The molecule has 0 saturated heterocycles. The van der Waals surface area contributed by atoms with E-state index in [0.717, 1.165) is 10.0 Å². The molecule has 0 fully saturated rings. The molecule has 0 N–H and O–H groups in total. The molecule has 4 rings (SSSR count). The number of nitrogens with zero attached hydrogens (tertiary/aromatic N) is 3. The highest BCUT2D eigenvalue weighted by Gasteiger charge is 2.34. The van der Waals surface area contributed by atoms with Gasteiger partial charge in [-0.15, -0.1) is 10.2 Å². The fraction of sp³-hybridized carbons (Fsp3) is 0.111. The van der Waals surface area contributed by atoms with Crippen LogP contribution in [-0.4, -0.2) is 39.2 Å². The van der Waals surface area contributed by atoms with Crippen LogP contribution in [-0.2, 0) is 0 Å². The van der Waals surface area contributed by atoms with E-state index in [1.165, 1.54) is 16.7 Å². The maximum atomic E-state index is 12.3. The lowest BCUT2D eigenvalue weighted by atomic mass is 10.1. The summed E-state index contributed by atoms with van der Waals surface area (Å²) in [6.07, 6.45) is 0. The van der Waals surface area contributed by atoms with E-state index in [0.29, 0.717) is 28.0 Å². The molecule has 2 amide bonds. The zero-order valence-corrected chi connectivity index (χ0v) is 15.8. The van der Waals surface area contributed by atoms with Crippen LogP contribution in [0.4, 0.5) is 0 Å². The highest BCUT2D eigenvalue weighted by atomic mass is 79.9. The highest BCUT2D eigenvalue weighted by molar-refractivity contribution is 9.10. The minimum atomic E-state index is -0.258. The van der Waals surface area contributed by atoms with Crippen LogP contribution in [0.2, 0.25) is 0 Å². The van der Waals surface area contributed by atoms with E-state index in [1.807, 2.05) is 24.3 Å². The number of halogens is 1. The van der Waals surface area contributed by atoms with Crippen LogP contribution in [0.15, 0.2) is 62.6 Å². The van der Waals surface area contributed by atoms with Crippen molar-refractivity contribution in [1.82, 2.24) is 15.1 Å². The molecule has 1 aliphatic heterocycles. The molecule has 2 aromatic carbocycles. The number of hydrogen-bond donors (Lipinski definition) is 0. The highest BCUT2D eigenvalue weighted by Crippen LogP contribution is 2.26. The first kappa shape index (κ1) is 17.0. The van der Waals surface area contributed by atoms with Crippen LogP contribution in [0, 0.1) is 0 Å². The second-order valence-corrected chi connectivity index (χ2v) is 7.50. The first-order valence-electron chi connectivity index (χ1n) is 7.81. The smallest absolute Gasteiger partial charge is 0.276 e. The molecule has 0 unspecified atom stereocenters. The molecule has 6 nitrogen and oxygen atoms in total. The second-order valence-electron chi connectivity index (χ2n) is 5.54. The largest absolute Gasteiger partial charge is 0.411 e. The Labute approximate surface area is 161 Å². The lowest BCUT2D eigenvalue weighted by Gasteiger charge is -2.12. The monoisotopic (exact) mass is 429 g/mol. The summed E-state index contributed by atoms with van der Waals surface area (Å²) >= 11 is 4.72. The SMILES string of the molecule is O=C1c2ccccc2C(=O)N1CCSc1nnc(-c2cccc(Br)c2)o1. The van der Waals surface area contributed by atoms with Gasteiger partial charge in [0.05, 0.1) is 11.1 Å². The van der Waals surface area contributed by atoms with Gasteiger partial charge in [-0.3, -0.25) is 14.5 Å². The third kappa shape index (κ3) is 3.17. The van der Waals surface area contributed by atoms with Crippen LogP contribution >= 0.6 is 27.7 Å². The Bertz CT molecular complexity index is 970. The minimum absolute atomic E-state index is 0.258. The Morgan fingerprint density at radius 1 is 1.00 bits per heavy atom. The Hall–Kier alpha value is -2.45. The number of hydrogen-bond acceptors (Lipinski definition) is 6. The normalized spacial score (nSPS) is 13.3. The fourth-order valence-corrected chi connectivity index (χ4v) is 3.76. The molecule has 1 aromatic heterocycles. The zero-order valence-electron chi connectivity index (χ0n) is 13.4. The van der Waals surface area contributed by atoms with E-state index in [-0.39, 0.29) is 18.4 Å². The molecule has 0 aliphatic carbocycles. The molecule has 0 saturated carbocycles. The minimum Gasteiger partial charge on any atom is -0.411 e. The molecule has 3 aromatic rings. The van der Waals surface area contributed by atoms with Gasteiger partial charge in [0, 0.05) is 22.3 Å². The number of carbonyl (C=O) groups excluding carboxylic acids is 2. The topological polar surface area (TPSA) is 76.3 Å². The van der Waals surface area contributed by atoms with Crippen molar-refractivity contribution in [2.45, 2.75) is 5.22 Å². The van der Waals surface area contributed by atoms with Crippen molar-refractivity contribution in [3.8, 4) is 11.5 Å². The van der Waals surface area contributed by atoms with E-state index in [2.05, 4.69) is 26.1 Å². The number of imide groups is 1. The van der Waals surface area contributed by atoms with Gasteiger partial charge in [-0.2, -0.15) is 0 Å². The van der Waals surface area contributed by atoms with Crippen molar-refractivity contribution in [2.75, 3.05) is 12.3 Å². The first-order chi connectivity index (χ1) is 12.6. The standard InChI is InChI=1S/C18H12BrN3O3S/c19-12-5-3-4-11(10-12)15-20-21-18(25-15)26-9-8-22-16(23)13-6-1-2-7-14(13)17(22)24/h1-7,10H,8-9H2. The third-order valence-corrected chi connectivity index (χ3v) is 5.19. The summed E-state index contributed by atoms with van der Waals surface area (Å²) in [6, 6.07) is 14.4. The number of benzene rings is 2. The molecule has 0 spiro atoms. The fourth-order valence-electron chi connectivity index (χ4n) is 2.67. The van der Waals surface area contributed by atoms with Crippen LogP contribution in [0.1, 0.15) is 20.7 Å². The van der Waals surface area contributed by atoms with Gasteiger partial charge in [-0.25, -0.2) is 0 Å². The summed E-state index contributed by atoms with van der Waals surface area (Å²) in [5.74, 6) is 0.388. The quantitative estimate of drug-likeness (QED) is 0.452. The van der Waals surface area contributed by atoms with Crippen LogP contribution in [0.25, 0.3) is 11.5 Å². The Balaban J connectivity index is 1.39. The third-order valence-electron chi connectivity index (χ3n) is 3.90. The lowest BCUT2D eigenvalue weighted by Crippen LogP contribution is -2.31. The van der Waals surface area contributed by atoms with Gasteiger partial charge in [0.15, 0.2) is 0 Å². The number of thioether (sulfide) groups is 1. The van der Waals surface area contributed by atoms with Crippen molar-refractivity contribution >= 4 is 39.5 Å². The predicted octanol–water partition coefficient (Wildman–Crippen LogP) is 3.89. The maximum absolute atomic E-state index is 12.3. The summed E-state index contributed by atoms with van der Waals surface area (Å²) in [5.41, 5.74) is 1.73.